The van der Waals surface area contributed by atoms with E-state index in [1.54, 1.807) is 39.5 Å². The highest BCUT2D eigenvalue weighted by atomic mass is 32.2. The smallest absolute Gasteiger partial charge is 0.331 e. The number of allylic oxidation sites excluding steroid dienone is 6. The van der Waals surface area contributed by atoms with E-state index in [9.17, 15) is 5.11 Å². The summed E-state index contributed by atoms with van der Waals surface area (Å²) in [4.78, 5) is 5.74. The van der Waals surface area contributed by atoms with E-state index in [-0.39, 0.29) is 0 Å². The Labute approximate surface area is 187 Å². The molecule has 0 saturated heterocycles. The first-order chi connectivity index (χ1) is 14.1. The van der Waals surface area contributed by atoms with Gasteiger partial charge in [-0.25, -0.2) is 4.98 Å². The summed E-state index contributed by atoms with van der Waals surface area (Å²) in [6.45, 7) is 17.4. The number of pyridine rings is 1. The lowest BCUT2D eigenvalue weighted by molar-refractivity contribution is -0.0893. The number of fused-ring (bicyclic) bond motifs is 1. The van der Waals surface area contributed by atoms with Crippen molar-refractivity contribution in [3.05, 3.63) is 59.3 Å². The SMILES string of the molecule is CC.C\C=C/C=C\C=C(/C)Sn1c(C)cc2c([B]OC(C)(C)C(C)(C)O)ccnc21. The second-order valence-electron chi connectivity index (χ2n) is 7.80. The van der Waals surface area contributed by atoms with E-state index in [1.807, 2.05) is 65.0 Å². The molecule has 0 amide bonds. The molecule has 2 aromatic rings. The van der Waals surface area contributed by atoms with Gasteiger partial charge in [0.05, 0.1) is 11.2 Å². The van der Waals surface area contributed by atoms with Crippen LogP contribution in [0.5, 0.6) is 0 Å². The number of aliphatic hydroxyl groups is 1. The third kappa shape index (κ3) is 6.90. The van der Waals surface area contributed by atoms with E-state index in [4.69, 9.17) is 4.65 Å². The van der Waals surface area contributed by atoms with Crippen molar-refractivity contribution in [1.29, 1.82) is 0 Å². The predicted octanol–water partition coefficient (Wildman–Crippen LogP) is 5.71. The number of aromatic nitrogens is 2. The van der Waals surface area contributed by atoms with Gasteiger partial charge in [0.2, 0.25) is 0 Å². The standard InChI is InChI=1S/C22H30BN2O2S.C2H6/c1-8-9-10-11-12-17(3)28-25-16(2)15-18-19(13-14-24-20(18)25)23-27-22(6,7)21(4,5)26;1-2/h8-15,26H,1-7H3;1-2H3/b9-8-,11-10-,17-12+;. The van der Waals surface area contributed by atoms with E-state index in [2.05, 4.69) is 34.9 Å². The van der Waals surface area contributed by atoms with Crippen LogP contribution in [-0.4, -0.2) is 32.7 Å². The van der Waals surface area contributed by atoms with Crippen LogP contribution in [0.15, 0.2) is 53.6 Å². The van der Waals surface area contributed by atoms with Crippen LogP contribution < -0.4 is 5.46 Å². The molecule has 30 heavy (non-hydrogen) atoms. The minimum Gasteiger partial charge on any atom is -0.427 e. The molecule has 0 aliphatic heterocycles. The van der Waals surface area contributed by atoms with Crippen LogP contribution in [0.2, 0.25) is 0 Å². The summed E-state index contributed by atoms with van der Waals surface area (Å²) in [7, 11) is 1.72. The monoisotopic (exact) mass is 427 g/mol. The fourth-order valence-electron chi connectivity index (χ4n) is 2.33. The minimum atomic E-state index is -0.963. The van der Waals surface area contributed by atoms with E-state index in [0.717, 1.165) is 27.1 Å². The van der Waals surface area contributed by atoms with Crippen molar-refractivity contribution in [3.8, 4) is 0 Å². The Morgan fingerprint density at radius 1 is 1.20 bits per heavy atom. The molecule has 0 bridgehead atoms. The topological polar surface area (TPSA) is 47.3 Å². The molecular formula is C24H36BN2O2S. The lowest BCUT2D eigenvalue weighted by atomic mass is 9.82. The molecule has 2 heterocycles. The second-order valence-corrected chi connectivity index (χ2v) is 8.99. The first-order valence-corrected chi connectivity index (χ1v) is 11.2. The predicted molar refractivity (Wildman–Crippen MR) is 133 cm³/mol. The fourth-order valence-corrected chi connectivity index (χ4v) is 3.19. The molecule has 4 nitrogen and oxygen atoms in total. The third-order valence-electron chi connectivity index (χ3n) is 4.80. The van der Waals surface area contributed by atoms with Crippen LogP contribution in [0.3, 0.4) is 0 Å². The molecule has 0 spiro atoms. The van der Waals surface area contributed by atoms with Crippen LogP contribution in [-0.2, 0) is 4.65 Å². The van der Waals surface area contributed by atoms with Crippen LogP contribution in [0, 0.1) is 6.92 Å². The molecule has 2 aromatic heterocycles. The van der Waals surface area contributed by atoms with Crippen molar-refractivity contribution < 1.29 is 9.76 Å². The molecule has 0 atom stereocenters. The Balaban J connectivity index is 0.00000218. The van der Waals surface area contributed by atoms with Gasteiger partial charge in [-0.2, -0.15) is 0 Å². The highest BCUT2D eigenvalue weighted by Gasteiger charge is 2.35. The lowest BCUT2D eigenvalue weighted by Gasteiger charge is -2.37. The van der Waals surface area contributed by atoms with Gasteiger partial charge in [0, 0.05) is 22.2 Å². The Hall–Kier alpha value is -1.76. The summed E-state index contributed by atoms with van der Waals surface area (Å²) in [5, 5.41) is 11.3. The molecule has 0 aromatic carbocycles. The Morgan fingerprint density at radius 3 is 2.47 bits per heavy atom. The molecule has 0 aliphatic carbocycles. The summed E-state index contributed by atoms with van der Waals surface area (Å²) in [5.41, 5.74) is 1.27. The fraction of sp³-hybridized carbons (Fsp3) is 0.458. The minimum absolute atomic E-state index is 0.715. The highest BCUT2D eigenvalue weighted by molar-refractivity contribution is 8.01. The van der Waals surface area contributed by atoms with Crippen molar-refractivity contribution in [2.24, 2.45) is 0 Å². The van der Waals surface area contributed by atoms with Crippen LogP contribution in [0.25, 0.3) is 11.0 Å². The van der Waals surface area contributed by atoms with Crippen LogP contribution in [0.1, 0.15) is 61.1 Å². The van der Waals surface area contributed by atoms with Crippen LogP contribution >= 0.6 is 11.9 Å². The molecule has 6 heteroatoms. The zero-order chi connectivity index (χ0) is 22.9. The number of hydrogen-bond donors (Lipinski definition) is 1. The summed E-state index contributed by atoms with van der Waals surface area (Å²) in [6, 6.07) is 4.05. The number of rotatable bonds is 8. The highest BCUT2D eigenvalue weighted by Crippen LogP contribution is 2.28. The van der Waals surface area contributed by atoms with Crippen molar-refractivity contribution in [2.45, 2.75) is 73.5 Å². The van der Waals surface area contributed by atoms with Crippen molar-refractivity contribution in [2.75, 3.05) is 0 Å². The van der Waals surface area contributed by atoms with Gasteiger partial charge in [-0.05, 0) is 78.0 Å². The normalized spacial score (nSPS) is 13.2. The molecule has 1 N–H and O–H groups in total. The molecule has 0 saturated carbocycles. The molecule has 0 aliphatic rings. The number of aryl methyl sites for hydroxylation is 1. The first kappa shape index (κ1) is 26.3. The van der Waals surface area contributed by atoms with Crippen LogP contribution in [0.4, 0.5) is 0 Å². The van der Waals surface area contributed by atoms with Gasteiger partial charge >= 0.3 is 7.48 Å². The second kappa shape index (κ2) is 11.6. The van der Waals surface area contributed by atoms with Crippen molar-refractivity contribution in [3.63, 3.8) is 0 Å². The maximum Gasteiger partial charge on any atom is 0.331 e. The van der Waals surface area contributed by atoms with Crippen molar-refractivity contribution in [1.82, 2.24) is 8.96 Å². The maximum atomic E-state index is 10.3. The number of hydrogen-bond acceptors (Lipinski definition) is 4. The van der Waals surface area contributed by atoms with Gasteiger partial charge in [0.1, 0.15) is 5.65 Å². The molecular weight excluding hydrogens is 391 g/mol. The van der Waals surface area contributed by atoms with Gasteiger partial charge < -0.3 is 9.76 Å². The zero-order valence-electron chi connectivity index (χ0n) is 19.9. The van der Waals surface area contributed by atoms with Gasteiger partial charge in [-0.1, -0.05) is 44.2 Å². The Kier molecular flexibility index (Phi) is 10.1. The Bertz CT molecular complexity index is 906. The van der Waals surface area contributed by atoms with Gasteiger partial charge in [-0.3, -0.25) is 3.97 Å². The van der Waals surface area contributed by atoms with E-state index < -0.39 is 11.2 Å². The third-order valence-corrected chi connectivity index (χ3v) is 5.87. The zero-order valence-corrected chi connectivity index (χ0v) is 20.7. The van der Waals surface area contributed by atoms with E-state index >= 15 is 0 Å². The average molecular weight is 427 g/mol. The summed E-state index contributed by atoms with van der Waals surface area (Å²) in [6.07, 6.45) is 11.9. The van der Waals surface area contributed by atoms with Gasteiger partial charge in [0.25, 0.3) is 0 Å². The van der Waals surface area contributed by atoms with Crippen molar-refractivity contribution >= 4 is 35.9 Å². The Morgan fingerprint density at radius 2 is 1.87 bits per heavy atom. The molecule has 0 unspecified atom stereocenters. The summed E-state index contributed by atoms with van der Waals surface area (Å²) < 4.78 is 8.08. The average Bonchev–Trinajstić information content (AvgIpc) is 3.00. The maximum absolute atomic E-state index is 10.3. The van der Waals surface area contributed by atoms with Gasteiger partial charge in [-0.15, -0.1) is 0 Å². The summed E-state index contributed by atoms with van der Waals surface area (Å²) in [5.74, 6) is 0. The summed E-state index contributed by atoms with van der Waals surface area (Å²) >= 11 is 1.65. The molecule has 1 radical (unpaired) electrons. The first-order valence-electron chi connectivity index (χ1n) is 10.4. The van der Waals surface area contributed by atoms with E-state index in [1.165, 1.54) is 0 Å². The lowest BCUT2D eigenvalue weighted by Crippen LogP contribution is -2.49. The quantitative estimate of drug-likeness (QED) is 0.433. The molecule has 2 rings (SSSR count). The van der Waals surface area contributed by atoms with E-state index in [0.29, 0.717) is 0 Å². The number of nitrogens with zero attached hydrogens (tertiary/aromatic N) is 2. The molecule has 163 valence electrons. The molecule has 0 fully saturated rings. The largest absolute Gasteiger partial charge is 0.427 e. The van der Waals surface area contributed by atoms with Gasteiger partial charge in [0.15, 0.2) is 0 Å².